The molecule has 0 aliphatic carbocycles. The van der Waals surface area contributed by atoms with Crippen molar-refractivity contribution in [2.24, 2.45) is 0 Å². The molecule has 1 aliphatic heterocycles. The molecule has 0 bridgehead atoms. The summed E-state index contributed by atoms with van der Waals surface area (Å²) in [7, 11) is 0. The molecule has 2 N–H and O–H groups in total. The van der Waals surface area contributed by atoms with Gasteiger partial charge < -0.3 is 29.6 Å². The van der Waals surface area contributed by atoms with E-state index in [9.17, 15) is 19.2 Å². The van der Waals surface area contributed by atoms with E-state index in [-0.39, 0.29) is 32.7 Å². The van der Waals surface area contributed by atoms with Crippen LogP contribution >= 0.6 is 0 Å². The van der Waals surface area contributed by atoms with Gasteiger partial charge in [-0.1, -0.05) is 42.5 Å². The average Bonchev–Trinajstić information content (AvgIpc) is 2.74. The Labute approximate surface area is 192 Å². The molecule has 0 fully saturated rings. The van der Waals surface area contributed by atoms with E-state index < -0.39 is 41.8 Å². The monoisotopic (exact) mass is 462 g/mol. The lowest BCUT2D eigenvalue weighted by Crippen LogP contribution is -2.45. The number of nitrogens with one attached hydrogen (secondary N) is 2. The zero-order valence-electron chi connectivity index (χ0n) is 19.0. The second kappa shape index (κ2) is 12.5. The second-order valence-corrected chi connectivity index (χ2v) is 8.24. The lowest BCUT2D eigenvalue weighted by molar-refractivity contribution is -0.154. The van der Waals surface area contributed by atoms with Gasteiger partial charge in [0, 0.05) is 0 Å². The highest BCUT2D eigenvalue weighted by Crippen LogP contribution is 2.09. The molecule has 0 radical (unpaired) electrons. The summed E-state index contributed by atoms with van der Waals surface area (Å²) in [5, 5.41) is 4.96. The maximum atomic E-state index is 12.3. The molecule has 1 heterocycles. The highest BCUT2D eigenvalue weighted by atomic mass is 16.6. The Hall–Kier alpha value is -3.56. The number of hydrogen-bond acceptors (Lipinski definition) is 8. The lowest BCUT2D eigenvalue weighted by Gasteiger charge is -2.23. The van der Waals surface area contributed by atoms with E-state index in [4.69, 9.17) is 18.9 Å². The van der Waals surface area contributed by atoms with E-state index in [0.717, 1.165) is 5.56 Å². The summed E-state index contributed by atoms with van der Waals surface area (Å²) in [6, 6.07) is 7.14. The molecular formula is C23H30N2O8. The van der Waals surface area contributed by atoms with Crippen molar-refractivity contribution in [2.45, 2.75) is 57.9 Å². The Morgan fingerprint density at radius 3 is 1.94 bits per heavy atom. The second-order valence-electron chi connectivity index (χ2n) is 8.24. The third kappa shape index (κ3) is 10.1. The van der Waals surface area contributed by atoms with Gasteiger partial charge in [-0.2, -0.15) is 0 Å². The largest absolute Gasteiger partial charge is 0.461 e. The summed E-state index contributed by atoms with van der Waals surface area (Å²) < 4.78 is 20.5. The highest BCUT2D eigenvalue weighted by Gasteiger charge is 2.26. The van der Waals surface area contributed by atoms with Crippen molar-refractivity contribution in [3.63, 3.8) is 0 Å². The van der Waals surface area contributed by atoms with E-state index in [1.54, 1.807) is 32.9 Å². The first kappa shape index (κ1) is 25.7. The SMILES string of the molecule is CC(C)(C)OC(=O)NC1C/C=C\C[C@H](NC(=O)OCc2ccccc2)C(=O)OCCOC1=O. The Morgan fingerprint density at radius 2 is 1.42 bits per heavy atom. The Bertz CT molecular complexity index is 848. The van der Waals surface area contributed by atoms with Gasteiger partial charge in [0.25, 0.3) is 0 Å². The van der Waals surface area contributed by atoms with Gasteiger partial charge in [-0.25, -0.2) is 19.2 Å². The summed E-state index contributed by atoms with van der Waals surface area (Å²) in [6.45, 7) is 4.77. The van der Waals surface area contributed by atoms with Crippen LogP contribution in [0.1, 0.15) is 39.2 Å². The number of benzene rings is 1. The standard InChI is InChI=1S/C23H30N2O8/c1-23(2,3)33-22(29)25-18-12-8-7-11-17(19(26)30-13-14-31-20(18)27)24-21(28)32-15-16-9-5-4-6-10-16/h4-10,17-18H,11-15H2,1-3H3,(H,24,28)(H,25,29)/b8-7-/t17-,18?/m0/s1. The highest BCUT2D eigenvalue weighted by molar-refractivity contribution is 5.82. The fourth-order valence-electron chi connectivity index (χ4n) is 2.74. The fourth-order valence-corrected chi connectivity index (χ4v) is 2.74. The number of carbonyl (C=O) groups is 4. The molecule has 2 atom stereocenters. The Kier molecular flexibility index (Phi) is 9.71. The quantitative estimate of drug-likeness (QED) is 0.397. The van der Waals surface area contributed by atoms with E-state index in [1.807, 2.05) is 30.3 Å². The van der Waals surface area contributed by atoms with Crippen molar-refractivity contribution in [1.29, 1.82) is 0 Å². The first-order valence-corrected chi connectivity index (χ1v) is 10.6. The summed E-state index contributed by atoms with van der Waals surface area (Å²) in [6.07, 6.45) is 1.89. The minimum Gasteiger partial charge on any atom is -0.461 e. The van der Waals surface area contributed by atoms with Crippen LogP contribution in [-0.2, 0) is 35.1 Å². The number of hydrogen-bond donors (Lipinski definition) is 2. The van der Waals surface area contributed by atoms with Gasteiger partial charge in [-0.05, 0) is 39.2 Å². The van der Waals surface area contributed by atoms with Crippen molar-refractivity contribution >= 4 is 24.1 Å². The van der Waals surface area contributed by atoms with Crippen molar-refractivity contribution in [3.05, 3.63) is 48.0 Å². The van der Waals surface area contributed by atoms with Crippen molar-refractivity contribution in [2.75, 3.05) is 13.2 Å². The van der Waals surface area contributed by atoms with Gasteiger partial charge >= 0.3 is 24.1 Å². The molecule has 33 heavy (non-hydrogen) atoms. The van der Waals surface area contributed by atoms with Crippen molar-refractivity contribution in [3.8, 4) is 0 Å². The minimum absolute atomic E-state index is 0.0538. The number of rotatable bonds is 4. The van der Waals surface area contributed by atoms with Crippen LogP contribution in [0.4, 0.5) is 9.59 Å². The average molecular weight is 462 g/mol. The normalized spacial score (nSPS) is 20.7. The van der Waals surface area contributed by atoms with Gasteiger partial charge in [0.1, 0.15) is 37.5 Å². The Balaban J connectivity index is 1.95. The molecule has 2 amide bonds. The molecule has 0 aromatic heterocycles. The molecule has 1 unspecified atom stereocenters. The third-order valence-corrected chi connectivity index (χ3v) is 4.25. The first-order chi connectivity index (χ1) is 15.6. The zero-order chi connectivity index (χ0) is 24.3. The van der Waals surface area contributed by atoms with E-state index >= 15 is 0 Å². The topological polar surface area (TPSA) is 129 Å². The number of carbonyl (C=O) groups excluding carboxylic acids is 4. The summed E-state index contributed by atoms with van der Waals surface area (Å²) in [4.78, 5) is 48.8. The molecule has 10 heteroatoms. The zero-order valence-corrected chi connectivity index (χ0v) is 19.0. The van der Waals surface area contributed by atoms with Crippen molar-refractivity contribution < 1.29 is 38.1 Å². The van der Waals surface area contributed by atoms with E-state index in [1.165, 1.54) is 0 Å². The van der Waals surface area contributed by atoms with Crippen LogP contribution in [0.3, 0.4) is 0 Å². The van der Waals surface area contributed by atoms with Crippen LogP contribution in [-0.4, -0.2) is 55.0 Å². The van der Waals surface area contributed by atoms with Gasteiger partial charge in [0.15, 0.2) is 0 Å². The molecule has 2 rings (SSSR count). The van der Waals surface area contributed by atoms with Gasteiger partial charge in [-0.3, -0.25) is 0 Å². The smallest absolute Gasteiger partial charge is 0.408 e. The number of ether oxygens (including phenoxy) is 4. The molecule has 1 aromatic carbocycles. The van der Waals surface area contributed by atoms with Crippen LogP contribution in [0.15, 0.2) is 42.5 Å². The maximum absolute atomic E-state index is 12.3. The van der Waals surface area contributed by atoms with Crippen LogP contribution in [0, 0.1) is 0 Å². The van der Waals surface area contributed by atoms with E-state index in [2.05, 4.69) is 10.6 Å². The molecule has 0 saturated heterocycles. The van der Waals surface area contributed by atoms with Gasteiger partial charge in [-0.15, -0.1) is 0 Å². The fraction of sp³-hybridized carbons (Fsp3) is 0.478. The Morgan fingerprint density at radius 1 is 0.909 bits per heavy atom. The number of amides is 2. The first-order valence-electron chi connectivity index (χ1n) is 10.6. The van der Waals surface area contributed by atoms with Crippen LogP contribution in [0.2, 0.25) is 0 Å². The molecule has 0 saturated carbocycles. The predicted molar refractivity (Wildman–Crippen MR) is 117 cm³/mol. The number of alkyl carbamates (subject to hydrolysis) is 2. The molecule has 0 spiro atoms. The number of cyclic esters (lactones) is 2. The summed E-state index contributed by atoms with van der Waals surface area (Å²) in [5.41, 5.74) is 0.0800. The maximum Gasteiger partial charge on any atom is 0.408 e. The van der Waals surface area contributed by atoms with Gasteiger partial charge in [0.2, 0.25) is 0 Å². The molecule has 1 aliphatic rings. The summed E-state index contributed by atoms with van der Waals surface area (Å²) >= 11 is 0. The van der Waals surface area contributed by atoms with Crippen LogP contribution in [0.5, 0.6) is 0 Å². The molecule has 10 nitrogen and oxygen atoms in total. The number of esters is 2. The molecule has 180 valence electrons. The molecule has 1 aromatic rings. The minimum atomic E-state index is -0.989. The third-order valence-electron chi connectivity index (χ3n) is 4.25. The molecular weight excluding hydrogens is 432 g/mol. The van der Waals surface area contributed by atoms with Crippen molar-refractivity contribution in [1.82, 2.24) is 10.6 Å². The predicted octanol–water partition coefficient (Wildman–Crippen LogP) is 2.61. The van der Waals surface area contributed by atoms with Crippen LogP contribution in [0.25, 0.3) is 0 Å². The van der Waals surface area contributed by atoms with Crippen LogP contribution < -0.4 is 10.6 Å². The van der Waals surface area contributed by atoms with E-state index in [0.29, 0.717) is 0 Å². The van der Waals surface area contributed by atoms with Gasteiger partial charge in [0.05, 0.1) is 0 Å². The lowest BCUT2D eigenvalue weighted by atomic mass is 10.1. The summed E-state index contributed by atoms with van der Waals surface area (Å²) in [5.74, 6) is -1.36.